The van der Waals surface area contributed by atoms with E-state index in [4.69, 9.17) is 18.5 Å². The summed E-state index contributed by atoms with van der Waals surface area (Å²) in [6.45, 7) is 4.31. The van der Waals surface area contributed by atoms with Crippen LogP contribution in [-0.2, 0) is 32.7 Å². The lowest BCUT2D eigenvalue weighted by Crippen LogP contribution is -2.37. The van der Waals surface area contributed by atoms with Gasteiger partial charge in [0, 0.05) is 12.8 Å². The number of nitrogens with zero attached hydrogens (tertiary/aromatic N) is 1. The van der Waals surface area contributed by atoms with Crippen LogP contribution in [0.2, 0.25) is 0 Å². The van der Waals surface area contributed by atoms with E-state index in [2.05, 4.69) is 135 Å². The van der Waals surface area contributed by atoms with Crippen molar-refractivity contribution in [3.05, 3.63) is 122 Å². The first-order valence-electron chi connectivity index (χ1n) is 32.3. The number of allylic oxidation sites excluding steroid dienone is 20. The molecule has 10 heteroatoms. The molecular weight excluding hydrogens is 1010 g/mol. The van der Waals surface area contributed by atoms with Crippen LogP contribution in [0.15, 0.2) is 122 Å². The number of likely N-dealkylation sites (N-methyl/N-ethyl adjacent to an activating group) is 1. The van der Waals surface area contributed by atoms with Gasteiger partial charge in [-0.1, -0.05) is 277 Å². The smallest absolute Gasteiger partial charge is 0.462 e. The number of carbonyl (C=O) groups excluding carboxylic acids is 2. The largest absolute Gasteiger partial charge is 0.472 e. The zero-order chi connectivity index (χ0) is 58.4. The van der Waals surface area contributed by atoms with Crippen molar-refractivity contribution in [2.75, 3.05) is 47.5 Å². The van der Waals surface area contributed by atoms with Crippen LogP contribution < -0.4 is 0 Å². The molecule has 0 saturated carbocycles. The minimum absolute atomic E-state index is 0.0241. The highest BCUT2D eigenvalue weighted by molar-refractivity contribution is 7.47. The molecule has 0 saturated heterocycles. The summed E-state index contributed by atoms with van der Waals surface area (Å²) in [5, 5.41) is 0. The summed E-state index contributed by atoms with van der Waals surface area (Å²) in [4.78, 5) is 35.8. The molecular formula is C70H121NO8P+. The van der Waals surface area contributed by atoms with Crippen molar-refractivity contribution in [2.45, 2.75) is 264 Å². The predicted molar refractivity (Wildman–Crippen MR) is 344 cm³/mol. The number of quaternary nitrogens is 1. The lowest BCUT2D eigenvalue weighted by molar-refractivity contribution is -0.870. The van der Waals surface area contributed by atoms with E-state index in [1.807, 2.05) is 21.1 Å². The van der Waals surface area contributed by atoms with Crippen LogP contribution in [0.5, 0.6) is 0 Å². The summed E-state index contributed by atoms with van der Waals surface area (Å²) in [5.41, 5.74) is 0. The van der Waals surface area contributed by atoms with Gasteiger partial charge in [-0.25, -0.2) is 4.57 Å². The summed E-state index contributed by atoms with van der Waals surface area (Å²) < 4.78 is 34.6. The first-order chi connectivity index (χ1) is 39.0. The molecule has 0 fully saturated rings. The van der Waals surface area contributed by atoms with Gasteiger partial charge < -0.3 is 18.9 Å². The zero-order valence-corrected chi connectivity index (χ0v) is 52.9. The maximum absolute atomic E-state index is 12.8. The molecule has 0 aliphatic rings. The lowest BCUT2D eigenvalue weighted by Gasteiger charge is -2.24. The fourth-order valence-corrected chi connectivity index (χ4v) is 9.32. The quantitative estimate of drug-likeness (QED) is 0.0211. The van der Waals surface area contributed by atoms with E-state index in [-0.39, 0.29) is 32.0 Å². The first kappa shape index (κ1) is 76.4. The van der Waals surface area contributed by atoms with Gasteiger partial charge in [-0.2, -0.15) is 0 Å². The van der Waals surface area contributed by atoms with Gasteiger partial charge in [0.2, 0.25) is 0 Å². The number of esters is 2. The van der Waals surface area contributed by atoms with E-state index < -0.39 is 26.5 Å². The summed E-state index contributed by atoms with van der Waals surface area (Å²) in [7, 11) is 1.46. The molecule has 0 heterocycles. The number of carbonyl (C=O) groups is 2. The SMILES string of the molecule is CC/C=C\C/C=C\C/C=C\C/C=C\C/C=C\C/C=C\C/C=C\C/C=C\C/C=C\C/C=C\CCCCCCCCC(=O)OC(COC(=O)CCCCCCCCCCCCCCCCCCCCC)COP(=O)(O)OCC[N+](C)(C)C. The summed E-state index contributed by atoms with van der Waals surface area (Å²) in [6, 6.07) is 0. The van der Waals surface area contributed by atoms with Crippen molar-refractivity contribution in [1.82, 2.24) is 0 Å². The van der Waals surface area contributed by atoms with Gasteiger partial charge in [-0.15, -0.1) is 0 Å². The fraction of sp³-hybridized carbons (Fsp3) is 0.686. The van der Waals surface area contributed by atoms with E-state index in [0.717, 1.165) is 122 Å². The molecule has 0 aliphatic carbocycles. The van der Waals surface area contributed by atoms with E-state index >= 15 is 0 Å². The van der Waals surface area contributed by atoms with Gasteiger partial charge >= 0.3 is 19.8 Å². The molecule has 458 valence electrons. The minimum atomic E-state index is -4.40. The zero-order valence-electron chi connectivity index (χ0n) is 52.0. The van der Waals surface area contributed by atoms with Crippen LogP contribution >= 0.6 is 7.82 Å². The highest BCUT2D eigenvalue weighted by atomic mass is 31.2. The van der Waals surface area contributed by atoms with Crippen molar-refractivity contribution in [3.8, 4) is 0 Å². The Morgan fingerprint density at radius 1 is 0.400 bits per heavy atom. The Morgan fingerprint density at radius 2 is 0.713 bits per heavy atom. The Kier molecular flexibility index (Phi) is 57.3. The number of ether oxygens (including phenoxy) is 2. The molecule has 0 amide bonds. The maximum atomic E-state index is 12.8. The number of rotatable bonds is 58. The lowest BCUT2D eigenvalue weighted by atomic mass is 10.0. The van der Waals surface area contributed by atoms with Crippen LogP contribution in [0.25, 0.3) is 0 Å². The summed E-state index contributed by atoms with van der Waals surface area (Å²) >= 11 is 0. The molecule has 0 aromatic heterocycles. The van der Waals surface area contributed by atoms with E-state index in [1.165, 1.54) is 103 Å². The molecule has 0 aromatic carbocycles. The summed E-state index contributed by atoms with van der Waals surface area (Å²) in [6.07, 6.45) is 85.6. The molecule has 0 radical (unpaired) electrons. The Labute approximate surface area is 492 Å². The average molecular weight is 1140 g/mol. The maximum Gasteiger partial charge on any atom is 0.472 e. The van der Waals surface area contributed by atoms with Crippen LogP contribution in [-0.4, -0.2) is 74.9 Å². The number of phosphoric ester groups is 1. The molecule has 0 spiro atoms. The second kappa shape index (κ2) is 60.0. The second-order valence-corrected chi connectivity index (χ2v) is 23.9. The van der Waals surface area contributed by atoms with Gasteiger partial charge in [-0.05, 0) is 89.9 Å². The summed E-state index contributed by atoms with van der Waals surface area (Å²) in [5.74, 6) is -0.813. The monoisotopic (exact) mass is 1130 g/mol. The van der Waals surface area contributed by atoms with Crippen molar-refractivity contribution in [1.29, 1.82) is 0 Å². The minimum Gasteiger partial charge on any atom is -0.462 e. The predicted octanol–water partition coefficient (Wildman–Crippen LogP) is 20.7. The Bertz CT molecular complexity index is 1760. The van der Waals surface area contributed by atoms with Crippen molar-refractivity contribution in [3.63, 3.8) is 0 Å². The first-order valence-corrected chi connectivity index (χ1v) is 33.8. The van der Waals surface area contributed by atoms with Gasteiger partial charge in [0.25, 0.3) is 0 Å². The highest BCUT2D eigenvalue weighted by Gasteiger charge is 2.27. The molecule has 0 bridgehead atoms. The van der Waals surface area contributed by atoms with Crippen molar-refractivity contribution in [2.24, 2.45) is 0 Å². The Morgan fingerprint density at radius 3 is 1.06 bits per heavy atom. The number of hydrogen-bond donors (Lipinski definition) is 1. The molecule has 2 atom stereocenters. The third-order valence-electron chi connectivity index (χ3n) is 13.5. The normalized spacial score (nSPS) is 14.0. The van der Waals surface area contributed by atoms with Crippen LogP contribution in [0.3, 0.4) is 0 Å². The van der Waals surface area contributed by atoms with E-state index in [0.29, 0.717) is 17.4 Å². The molecule has 80 heavy (non-hydrogen) atoms. The third kappa shape index (κ3) is 63.6. The number of unbranched alkanes of at least 4 members (excludes halogenated alkanes) is 24. The molecule has 0 rings (SSSR count). The molecule has 2 unspecified atom stereocenters. The third-order valence-corrected chi connectivity index (χ3v) is 14.5. The highest BCUT2D eigenvalue weighted by Crippen LogP contribution is 2.43. The topological polar surface area (TPSA) is 108 Å². The molecule has 0 aliphatic heterocycles. The molecule has 0 aromatic rings. The molecule has 1 N–H and O–H groups in total. The van der Waals surface area contributed by atoms with Gasteiger partial charge in [0.1, 0.15) is 19.8 Å². The van der Waals surface area contributed by atoms with Gasteiger partial charge in [-0.3, -0.25) is 18.6 Å². The Hall–Kier alpha value is -3.59. The Balaban J connectivity index is 4.17. The van der Waals surface area contributed by atoms with Crippen molar-refractivity contribution >= 4 is 19.8 Å². The number of phosphoric acid groups is 1. The van der Waals surface area contributed by atoms with Crippen LogP contribution in [0.1, 0.15) is 258 Å². The molecule has 9 nitrogen and oxygen atoms in total. The number of hydrogen-bond acceptors (Lipinski definition) is 7. The fourth-order valence-electron chi connectivity index (χ4n) is 8.57. The van der Waals surface area contributed by atoms with Gasteiger partial charge in [0.15, 0.2) is 6.10 Å². The second-order valence-electron chi connectivity index (χ2n) is 22.4. The van der Waals surface area contributed by atoms with E-state index in [1.54, 1.807) is 0 Å². The van der Waals surface area contributed by atoms with Crippen LogP contribution in [0.4, 0.5) is 0 Å². The standard InChI is InChI=1S/C70H120NO8P/c1-6-8-10-12-14-16-18-20-22-24-26-27-28-29-30-31-32-33-34-35-36-37-38-39-40-41-42-43-45-47-49-51-53-55-57-59-61-63-70(73)79-68(67-78-80(74,75)77-65-64-71(3,4)5)66-76-69(72)62-60-58-56-54-52-50-48-46-44-25-23-21-19-17-15-13-11-9-7-2/h8,10,14,16,20,22,26-27,29-30,32-33,35-36,38-39,41-42,45,47,68H,6-7,9,11-13,15,17-19,21,23-25,28,31,34,37,40,43-44,46,48-67H2,1-5H3/p+1/b10-8-,16-14-,22-20-,27-26-,30-29-,33-32-,36-35-,39-38-,42-41-,47-45-. The van der Waals surface area contributed by atoms with Crippen LogP contribution in [0, 0.1) is 0 Å². The van der Waals surface area contributed by atoms with Gasteiger partial charge in [0.05, 0.1) is 27.7 Å². The van der Waals surface area contributed by atoms with E-state index in [9.17, 15) is 19.0 Å². The average Bonchev–Trinajstić information content (AvgIpc) is 3.42. The van der Waals surface area contributed by atoms with Crippen molar-refractivity contribution < 1.29 is 42.1 Å².